The van der Waals surface area contributed by atoms with E-state index in [0.29, 0.717) is 0 Å². The van der Waals surface area contributed by atoms with Crippen molar-refractivity contribution in [3.8, 4) is 22.4 Å². The van der Waals surface area contributed by atoms with E-state index in [0.717, 1.165) is 42.5 Å². The number of aromatic nitrogens is 1. The summed E-state index contributed by atoms with van der Waals surface area (Å²) in [5.41, 5.74) is 7.69. The average molecular weight is 885 g/mol. The van der Waals surface area contributed by atoms with Crippen molar-refractivity contribution in [3.63, 3.8) is 0 Å². The molecule has 0 saturated heterocycles. The van der Waals surface area contributed by atoms with Gasteiger partial charge in [0.1, 0.15) is 5.76 Å². The van der Waals surface area contributed by atoms with Crippen molar-refractivity contribution in [3.05, 3.63) is 89.7 Å². The molecule has 0 unspecified atom stereocenters. The van der Waals surface area contributed by atoms with Crippen molar-refractivity contribution in [2.45, 2.75) is 120 Å². The van der Waals surface area contributed by atoms with E-state index in [4.69, 9.17) is 4.98 Å². The van der Waals surface area contributed by atoms with Crippen LogP contribution < -0.4 is 10.4 Å². The summed E-state index contributed by atoms with van der Waals surface area (Å²) in [5.74, 6) is 0.286. The number of pyridine rings is 1. The van der Waals surface area contributed by atoms with Gasteiger partial charge in [0.2, 0.25) is 0 Å². The Morgan fingerprint density at radius 1 is 0.800 bits per heavy atom. The third kappa shape index (κ3) is 10.0. The average Bonchev–Trinajstić information content (AvgIpc) is 3.05. The van der Waals surface area contributed by atoms with Gasteiger partial charge in [0.15, 0.2) is 5.78 Å². The zero-order valence-corrected chi connectivity index (χ0v) is 37.7. The van der Waals surface area contributed by atoms with Crippen LogP contribution in [0, 0.1) is 30.7 Å². The normalized spacial score (nSPS) is 12.6. The molecule has 3 nitrogen and oxygen atoms in total. The fourth-order valence-electron chi connectivity index (χ4n) is 6.55. The molecule has 1 N–H and O–H groups in total. The van der Waals surface area contributed by atoms with Crippen LogP contribution in [-0.4, -0.2) is 32.0 Å². The number of benzene rings is 3. The number of aryl methyl sites for hydroxylation is 2. The number of ketones is 1. The number of aliphatic hydroxyl groups excluding tert-OH is 1. The number of hydrogen-bond donors (Lipinski definition) is 1. The largest absolute Gasteiger partial charge is 0.512 e. The van der Waals surface area contributed by atoms with E-state index in [2.05, 4.69) is 120 Å². The maximum absolute atomic E-state index is 12.2. The van der Waals surface area contributed by atoms with Gasteiger partial charge in [0, 0.05) is 50.5 Å². The second-order valence-corrected chi connectivity index (χ2v) is 26.5. The Kier molecular flexibility index (Phi) is 15.0. The van der Waals surface area contributed by atoms with Crippen molar-refractivity contribution in [2.75, 3.05) is 0 Å². The molecule has 0 aliphatic rings. The van der Waals surface area contributed by atoms with Crippen molar-refractivity contribution < 1.29 is 30.0 Å². The zero-order valence-electron chi connectivity index (χ0n) is 33.3. The first-order chi connectivity index (χ1) is 22.7. The van der Waals surface area contributed by atoms with Crippen LogP contribution >= 0.6 is 0 Å². The molecule has 0 aliphatic carbocycles. The number of hydrogen-bond acceptors (Lipinski definition) is 3. The fourth-order valence-corrected chi connectivity index (χ4v) is 10.2. The molecular weight excluding hydrogens is 823 g/mol. The van der Waals surface area contributed by atoms with Crippen LogP contribution in [0.1, 0.15) is 78.4 Å². The van der Waals surface area contributed by atoms with Gasteiger partial charge in [0.05, 0.1) is 13.6 Å². The first kappa shape index (κ1) is 43.5. The molecular formula is C44H62IrNO2Si2-. The van der Waals surface area contributed by atoms with E-state index in [1.54, 1.807) is 0 Å². The molecule has 0 amide bonds. The molecule has 4 rings (SSSR count). The van der Waals surface area contributed by atoms with Crippen LogP contribution in [0.15, 0.2) is 72.5 Å². The minimum atomic E-state index is -1.43. The summed E-state index contributed by atoms with van der Waals surface area (Å²) >= 11 is 0. The van der Waals surface area contributed by atoms with Gasteiger partial charge < -0.3 is 5.11 Å². The minimum absolute atomic E-state index is 0. The smallest absolute Gasteiger partial charge is 0.164 e. The van der Waals surface area contributed by atoms with Crippen molar-refractivity contribution in [2.24, 2.45) is 10.8 Å². The minimum Gasteiger partial charge on any atom is -0.512 e. The second kappa shape index (κ2) is 17.3. The number of aliphatic hydroxyl groups is 1. The molecule has 0 aliphatic heterocycles. The van der Waals surface area contributed by atoms with Gasteiger partial charge in [-0.2, -0.15) is 0 Å². The third-order valence-electron chi connectivity index (χ3n) is 10.8. The van der Waals surface area contributed by atoms with Crippen LogP contribution in [0.2, 0.25) is 39.3 Å². The second-order valence-electron chi connectivity index (χ2n) is 16.4. The van der Waals surface area contributed by atoms with Gasteiger partial charge in [0.25, 0.3) is 0 Å². The number of carbonyl (C=O) groups is 1. The molecule has 3 aromatic carbocycles. The van der Waals surface area contributed by atoms with E-state index in [9.17, 15) is 9.90 Å². The Labute approximate surface area is 319 Å². The monoisotopic (exact) mass is 885 g/mol. The topological polar surface area (TPSA) is 50.2 Å². The number of carbonyl (C=O) groups excluding carboxylic acids is 1. The molecule has 1 heterocycles. The quantitative estimate of drug-likeness (QED) is 0.0707. The van der Waals surface area contributed by atoms with E-state index >= 15 is 0 Å². The molecule has 0 atom stereocenters. The Morgan fingerprint density at radius 2 is 1.36 bits per heavy atom. The molecule has 0 spiro atoms. The molecule has 6 heteroatoms. The molecule has 0 fully saturated rings. The van der Waals surface area contributed by atoms with Gasteiger partial charge in [-0.3, -0.25) is 9.78 Å². The standard InChI is InChI=1S/C29H34NSi2.C15H28O2.Ir/c1-20-16-23(17-21(2)29(20)32(6,7)8)28-19-25(22-12-10-9-11-13-22)26-18-24(31(3,4)5)14-15-27(26)30-28;1-7-14(5,8-2)12(16)11-13(17)15(6,9-3)10-4;/h9-16,18-19H,1-8H3;11,16H,7-10H2,1-6H3;/q-1;;/b;12-11-;. The summed E-state index contributed by atoms with van der Waals surface area (Å²) < 4.78 is 0. The van der Waals surface area contributed by atoms with Crippen molar-refractivity contribution in [1.82, 2.24) is 4.98 Å². The summed E-state index contributed by atoms with van der Waals surface area (Å²) in [6, 6.07) is 25.9. The summed E-state index contributed by atoms with van der Waals surface area (Å²) in [4.78, 5) is 17.3. The molecule has 1 aromatic heterocycles. The Hall–Kier alpha value is -2.64. The summed E-state index contributed by atoms with van der Waals surface area (Å²) in [7, 11) is -2.85. The summed E-state index contributed by atoms with van der Waals surface area (Å²) in [6.07, 6.45) is 4.75. The number of rotatable bonds is 11. The van der Waals surface area contributed by atoms with Gasteiger partial charge in [-0.05, 0) is 48.6 Å². The summed E-state index contributed by atoms with van der Waals surface area (Å²) in [5, 5.41) is 14.4. The van der Waals surface area contributed by atoms with Gasteiger partial charge in [-0.15, -0.1) is 34.0 Å². The summed E-state index contributed by atoms with van der Waals surface area (Å²) in [6.45, 7) is 31.0. The first-order valence-corrected chi connectivity index (χ1v) is 25.2. The Balaban J connectivity index is 0.000000413. The van der Waals surface area contributed by atoms with Crippen LogP contribution in [0.3, 0.4) is 0 Å². The maximum Gasteiger partial charge on any atom is 0.164 e. The number of fused-ring (bicyclic) bond motifs is 1. The third-order valence-corrected chi connectivity index (χ3v) is 15.2. The van der Waals surface area contributed by atoms with E-state index in [-0.39, 0.29) is 42.5 Å². The fraction of sp³-hybridized carbons (Fsp3) is 0.455. The molecule has 0 bridgehead atoms. The molecule has 50 heavy (non-hydrogen) atoms. The Bertz CT molecular complexity index is 1770. The van der Waals surface area contributed by atoms with E-state index in [1.807, 2.05) is 41.5 Å². The molecule has 1 radical (unpaired) electrons. The van der Waals surface area contributed by atoms with Gasteiger partial charge in [-0.1, -0.05) is 148 Å². The molecule has 0 saturated carbocycles. The van der Waals surface area contributed by atoms with Crippen LogP contribution in [-0.2, 0) is 24.9 Å². The van der Waals surface area contributed by atoms with Gasteiger partial charge >= 0.3 is 0 Å². The SMILES string of the molecule is CCC(C)(CC)C(=O)/C=C(\O)C(C)(CC)CC.Cc1[c-]c(-c2cc(-c3ccccc3)c3cc([Si](C)(C)C)ccc3n2)cc(C)c1[Si](C)(C)C.[Ir]. The van der Waals surface area contributed by atoms with E-state index in [1.165, 1.54) is 44.1 Å². The molecule has 4 aromatic rings. The van der Waals surface area contributed by atoms with Crippen molar-refractivity contribution in [1.29, 1.82) is 0 Å². The first-order valence-electron chi connectivity index (χ1n) is 18.2. The Morgan fingerprint density at radius 3 is 1.84 bits per heavy atom. The predicted molar refractivity (Wildman–Crippen MR) is 220 cm³/mol. The molecule has 273 valence electrons. The zero-order chi connectivity index (χ0) is 36.9. The number of nitrogens with zero attached hydrogens (tertiary/aromatic N) is 1. The van der Waals surface area contributed by atoms with Crippen LogP contribution in [0.4, 0.5) is 0 Å². The van der Waals surface area contributed by atoms with Crippen LogP contribution in [0.25, 0.3) is 33.3 Å². The van der Waals surface area contributed by atoms with E-state index < -0.39 is 16.1 Å². The number of allylic oxidation sites excluding steroid dienone is 2. The van der Waals surface area contributed by atoms with Crippen molar-refractivity contribution >= 4 is 43.2 Å². The predicted octanol–water partition coefficient (Wildman–Crippen LogP) is 11.7. The maximum atomic E-state index is 12.2. The van der Waals surface area contributed by atoms with Gasteiger partial charge in [-0.25, -0.2) is 0 Å². The van der Waals surface area contributed by atoms with Crippen LogP contribution in [0.5, 0.6) is 0 Å².